The number of hydrogen-bond acceptors (Lipinski definition) is 7. The van der Waals surface area contributed by atoms with Gasteiger partial charge in [0.05, 0.1) is 36.8 Å². The topological polar surface area (TPSA) is 114 Å². The van der Waals surface area contributed by atoms with Crippen molar-refractivity contribution >= 4 is 22.6 Å². The van der Waals surface area contributed by atoms with Gasteiger partial charge in [0, 0.05) is 39.0 Å². The molecule has 3 aromatic heterocycles. The maximum absolute atomic E-state index is 13.4. The van der Waals surface area contributed by atoms with Crippen molar-refractivity contribution in [2.45, 2.75) is 32.4 Å². The number of ether oxygens (including phenoxy) is 2. The minimum absolute atomic E-state index is 0.0373. The number of amides is 1. The first-order chi connectivity index (χ1) is 16.5. The van der Waals surface area contributed by atoms with Crippen molar-refractivity contribution in [3.05, 3.63) is 51.4 Å². The van der Waals surface area contributed by atoms with Gasteiger partial charge in [-0.2, -0.15) is 0 Å². The average molecular weight is 467 g/mol. The van der Waals surface area contributed by atoms with Crippen LogP contribution in [0.5, 0.6) is 0 Å². The van der Waals surface area contributed by atoms with Crippen molar-refractivity contribution in [3.8, 4) is 0 Å². The predicted molar refractivity (Wildman–Crippen MR) is 126 cm³/mol. The van der Waals surface area contributed by atoms with E-state index in [1.54, 1.807) is 16.8 Å². The number of carbonyl (C=O) groups excluding carboxylic acids is 1. The van der Waals surface area contributed by atoms with Crippen molar-refractivity contribution in [1.29, 1.82) is 5.41 Å². The van der Waals surface area contributed by atoms with Crippen LogP contribution in [0.4, 0.5) is 0 Å². The normalized spacial score (nSPS) is 19.1. The fourth-order valence-corrected chi connectivity index (χ4v) is 4.63. The van der Waals surface area contributed by atoms with E-state index in [0.717, 1.165) is 31.5 Å². The lowest BCUT2D eigenvalue weighted by atomic mass is 10.1. The summed E-state index contributed by atoms with van der Waals surface area (Å²) in [5, 5.41) is 12.1. The van der Waals surface area contributed by atoms with Gasteiger partial charge in [0.1, 0.15) is 16.8 Å². The fraction of sp³-hybridized carbons (Fsp3) is 0.500. The lowest BCUT2D eigenvalue weighted by Crippen LogP contribution is -2.42. The SMILES string of the molecule is Cc1ccc2nc3c(cc(C(=O)NCCN4CCOCC4)c(=N)n3C[C@@H]3CCCO3)c(=O)n2c1. The van der Waals surface area contributed by atoms with Crippen LogP contribution in [0.1, 0.15) is 28.8 Å². The molecular weight excluding hydrogens is 436 g/mol. The molecule has 10 heteroatoms. The Kier molecular flexibility index (Phi) is 6.44. The first kappa shape index (κ1) is 22.7. The Hall–Kier alpha value is -3.08. The largest absolute Gasteiger partial charge is 0.379 e. The van der Waals surface area contributed by atoms with Crippen molar-refractivity contribution < 1.29 is 14.3 Å². The Labute approximate surface area is 196 Å². The lowest BCUT2D eigenvalue weighted by Gasteiger charge is -2.26. The molecule has 1 amide bonds. The molecule has 0 aliphatic carbocycles. The number of aryl methyl sites for hydroxylation is 1. The van der Waals surface area contributed by atoms with E-state index in [4.69, 9.17) is 19.9 Å². The molecule has 2 aliphatic rings. The number of morpholine rings is 1. The van der Waals surface area contributed by atoms with Gasteiger partial charge in [-0.05, 0) is 37.5 Å². The lowest BCUT2D eigenvalue weighted by molar-refractivity contribution is 0.0383. The summed E-state index contributed by atoms with van der Waals surface area (Å²) in [5.41, 5.74) is 1.79. The molecule has 0 unspecified atom stereocenters. The molecule has 2 N–H and O–H groups in total. The van der Waals surface area contributed by atoms with E-state index >= 15 is 0 Å². The molecule has 2 aliphatic heterocycles. The summed E-state index contributed by atoms with van der Waals surface area (Å²) >= 11 is 0. The zero-order valence-corrected chi connectivity index (χ0v) is 19.4. The average Bonchev–Trinajstić information content (AvgIpc) is 3.35. The summed E-state index contributed by atoms with van der Waals surface area (Å²) in [5.74, 6) is -0.366. The predicted octanol–water partition coefficient (Wildman–Crippen LogP) is 0.678. The Morgan fingerprint density at radius 2 is 2.09 bits per heavy atom. The van der Waals surface area contributed by atoms with E-state index in [9.17, 15) is 9.59 Å². The number of hydrogen-bond donors (Lipinski definition) is 2. The van der Waals surface area contributed by atoms with Gasteiger partial charge in [-0.3, -0.25) is 24.3 Å². The van der Waals surface area contributed by atoms with Crippen LogP contribution in [-0.4, -0.2) is 76.9 Å². The van der Waals surface area contributed by atoms with Gasteiger partial charge in [0.15, 0.2) is 0 Å². The second-order valence-corrected chi connectivity index (χ2v) is 8.95. The van der Waals surface area contributed by atoms with Crippen molar-refractivity contribution in [2.75, 3.05) is 46.0 Å². The van der Waals surface area contributed by atoms with E-state index in [0.29, 0.717) is 56.1 Å². The van der Waals surface area contributed by atoms with E-state index in [1.807, 2.05) is 13.0 Å². The smallest absolute Gasteiger partial charge is 0.267 e. The quantitative estimate of drug-likeness (QED) is 0.517. The van der Waals surface area contributed by atoms with Crippen molar-refractivity contribution in [1.82, 2.24) is 24.2 Å². The Bertz CT molecular complexity index is 1340. The van der Waals surface area contributed by atoms with Gasteiger partial charge in [0.25, 0.3) is 11.5 Å². The second kappa shape index (κ2) is 9.65. The first-order valence-electron chi connectivity index (χ1n) is 11.8. The van der Waals surface area contributed by atoms with Gasteiger partial charge >= 0.3 is 0 Å². The van der Waals surface area contributed by atoms with Gasteiger partial charge in [-0.1, -0.05) is 6.07 Å². The number of aromatic nitrogens is 3. The Balaban J connectivity index is 1.53. The summed E-state index contributed by atoms with van der Waals surface area (Å²) in [7, 11) is 0. The summed E-state index contributed by atoms with van der Waals surface area (Å²) in [6.07, 6.45) is 3.49. The summed E-state index contributed by atoms with van der Waals surface area (Å²) in [4.78, 5) is 33.5. The summed E-state index contributed by atoms with van der Waals surface area (Å²) < 4.78 is 14.3. The monoisotopic (exact) mass is 466 g/mol. The van der Waals surface area contributed by atoms with E-state index in [2.05, 4.69) is 10.2 Å². The highest BCUT2D eigenvalue weighted by atomic mass is 16.5. The number of fused-ring (bicyclic) bond motifs is 2. The number of pyridine rings is 2. The zero-order valence-electron chi connectivity index (χ0n) is 19.4. The number of nitrogens with zero attached hydrogens (tertiary/aromatic N) is 4. The van der Waals surface area contributed by atoms with Crippen LogP contribution in [0.3, 0.4) is 0 Å². The van der Waals surface area contributed by atoms with Crippen LogP contribution < -0.4 is 16.4 Å². The maximum atomic E-state index is 13.4. The molecule has 10 nitrogen and oxygen atoms in total. The highest BCUT2D eigenvalue weighted by molar-refractivity contribution is 5.96. The molecule has 0 bridgehead atoms. The second-order valence-electron chi connectivity index (χ2n) is 8.95. The van der Waals surface area contributed by atoms with Crippen LogP contribution in [0.15, 0.2) is 29.2 Å². The van der Waals surface area contributed by atoms with E-state index in [1.165, 1.54) is 10.5 Å². The Morgan fingerprint density at radius 1 is 1.26 bits per heavy atom. The van der Waals surface area contributed by atoms with Crippen LogP contribution in [0, 0.1) is 12.3 Å². The third-order valence-electron chi connectivity index (χ3n) is 6.53. The minimum Gasteiger partial charge on any atom is -0.379 e. The fourth-order valence-electron chi connectivity index (χ4n) is 4.63. The molecule has 5 heterocycles. The van der Waals surface area contributed by atoms with Gasteiger partial charge in [-0.15, -0.1) is 0 Å². The third kappa shape index (κ3) is 4.48. The van der Waals surface area contributed by atoms with E-state index in [-0.39, 0.29) is 28.6 Å². The molecule has 0 saturated carbocycles. The molecule has 5 rings (SSSR count). The minimum atomic E-state index is -0.366. The highest BCUT2D eigenvalue weighted by Gasteiger charge is 2.22. The molecule has 0 spiro atoms. The molecule has 1 atom stereocenters. The maximum Gasteiger partial charge on any atom is 0.267 e. The molecule has 0 aromatic carbocycles. The zero-order chi connectivity index (χ0) is 23.7. The van der Waals surface area contributed by atoms with Gasteiger partial charge in [0.2, 0.25) is 0 Å². The standard InChI is InChI=1S/C24H30N6O4/c1-16-4-5-20-27-22-19(24(32)29(20)14-16)13-18(21(25)30(22)15-17-3-2-10-34-17)23(31)26-6-7-28-8-11-33-12-9-28/h4-5,13-14,17,25H,2-3,6-12,15H2,1H3,(H,26,31)/t17-/m0/s1. The van der Waals surface area contributed by atoms with Gasteiger partial charge in [-0.25, -0.2) is 4.98 Å². The molecule has 0 radical (unpaired) electrons. The molecule has 3 aromatic rings. The molecule has 180 valence electrons. The van der Waals surface area contributed by atoms with Crippen LogP contribution in [0.2, 0.25) is 0 Å². The van der Waals surface area contributed by atoms with Crippen molar-refractivity contribution in [3.63, 3.8) is 0 Å². The number of carbonyl (C=O) groups is 1. The summed E-state index contributed by atoms with van der Waals surface area (Å²) in [6, 6.07) is 5.20. The first-order valence-corrected chi connectivity index (χ1v) is 11.8. The van der Waals surface area contributed by atoms with Crippen molar-refractivity contribution in [2.24, 2.45) is 0 Å². The van der Waals surface area contributed by atoms with Crippen LogP contribution >= 0.6 is 0 Å². The third-order valence-corrected chi connectivity index (χ3v) is 6.53. The Morgan fingerprint density at radius 3 is 2.85 bits per heavy atom. The number of rotatable bonds is 6. The molecular formula is C24H30N6O4. The van der Waals surface area contributed by atoms with Gasteiger partial charge < -0.3 is 19.4 Å². The molecule has 2 fully saturated rings. The van der Waals surface area contributed by atoms with Crippen LogP contribution in [0.25, 0.3) is 16.7 Å². The van der Waals surface area contributed by atoms with Crippen LogP contribution in [-0.2, 0) is 16.0 Å². The molecule has 2 saturated heterocycles. The number of nitrogens with one attached hydrogen (secondary N) is 2. The molecule has 34 heavy (non-hydrogen) atoms. The highest BCUT2D eigenvalue weighted by Crippen LogP contribution is 2.17. The summed E-state index contributed by atoms with van der Waals surface area (Å²) in [6.45, 7) is 7.20. The van der Waals surface area contributed by atoms with E-state index < -0.39 is 0 Å².